The number of hydrogen-bond acceptors (Lipinski definition) is 1. The fourth-order valence-electron chi connectivity index (χ4n) is 2.50. The summed E-state index contributed by atoms with van der Waals surface area (Å²) in [6.45, 7) is 3.49. The van der Waals surface area contributed by atoms with Gasteiger partial charge in [0.15, 0.2) is 0 Å². The van der Waals surface area contributed by atoms with E-state index in [-0.39, 0.29) is 0 Å². The van der Waals surface area contributed by atoms with Crippen molar-refractivity contribution in [3.63, 3.8) is 0 Å². The fourth-order valence-corrected chi connectivity index (χ4v) is 2.50. The van der Waals surface area contributed by atoms with Crippen LogP contribution in [0.4, 0.5) is 0 Å². The van der Waals surface area contributed by atoms with E-state index in [0.717, 1.165) is 17.9 Å². The Bertz CT molecular complexity index is 159. The van der Waals surface area contributed by atoms with Gasteiger partial charge in [-0.05, 0) is 37.6 Å². The highest BCUT2D eigenvalue weighted by Crippen LogP contribution is 2.37. The summed E-state index contributed by atoms with van der Waals surface area (Å²) in [6.07, 6.45) is 11.8. The van der Waals surface area contributed by atoms with Crippen LogP contribution in [0.3, 0.4) is 0 Å². The molecule has 0 heterocycles. The summed E-state index contributed by atoms with van der Waals surface area (Å²) >= 11 is 0. The summed E-state index contributed by atoms with van der Waals surface area (Å²) < 4.78 is 0. The quantitative estimate of drug-likeness (QED) is 0.657. The summed E-state index contributed by atoms with van der Waals surface area (Å²) in [5.41, 5.74) is 0. The third kappa shape index (κ3) is 3.27. The first-order valence-electron chi connectivity index (χ1n) is 6.62. The van der Waals surface area contributed by atoms with Crippen molar-refractivity contribution in [2.45, 2.75) is 64.3 Å². The Balaban J connectivity index is 1.65. The standard InChI is InChI=1S/C13H25N/c1-2-8-14-13(10-12-6-7-12)9-11-4-3-5-11/h11-14H,2-10H2,1H3. The van der Waals surface area contributed by atoms with Gasteiger partial charge in [0.05, 0.1) is 0 Å². The lowest BCUT2D eigenvalue weighted by atomic mass is 9.80. The molecule has 0 aliphatic heterocycles. The molecule has 2 saturated carbocycles. The Labute approximate surface area is 88.7 Å². The van der Waals surface area contributed by atoms with E-state index in [0.29, 0.717) is 0 Å². The second-order valence-corrected chi connectivity index (χ2v) is 5.36. The minimum absolute atomic E-state index is 0.854. The topological polar surface area (TPSA) is 12.0 Å². The van der Waals surface area contributed by atoms with Gasteiger partial charge in [-0.2, -0.15) is 0 Å². The summed E-state index contributed by atoms with van der Waals surface area (Å²) in [5.74, 6) is 2.16. The van der Waals surface area contributed by atoms with Gasteiger partial charge >= 0.3 is 0 Å². The highest BCUT2D eigenvalue weighted by atomic mass is 14.9. The Kier molecular flexibility index (Phi) is 3.86. The van der Waals surface area contributed by atoms with Crippen LogP contribution < -0.4 is 5.32 Å². The van der Waals surface area contributed by atoms with Crippen LogP contribution in [-0.4, -0.2) is 12.6 Å². The van der Waals surface area contributed by atoms with Crippen LogP contribution in [0.1, 0.15) is 58.3 Å². The zero-order valence-corrected chi connectivity index (χ0v) is 9.60. The smallest absolute Gasteiger partial charge is 0.00723 e. The van der Waals surface area contributed by atoms with E-state index in [2.05, 4.69) is 12.2 Å². The number of rotatable bonds is 7. The Hall–Kier alpha value is -0.0400. The van der Waals surface area contributed by atoms with Crippen LogP contribution in [0, 0.1) is 11.8 Å². The van der Waals surface area contributed by atoms with Gasteiger partial charge in [-0.3, -0.25) is 0 Å². The molecule has 14 heavy (non-hydrogen) atoms. The van der Waals surface area contributed by atoms with Crippen LogP contribution in [0.25, 0.3) is 0 Å². The number of nitrogens with one attached hydrogen (secondary N) is 1. The average Bonchev–Trinajstić information content (AvgIpc) is 2.90. The van der Waals surface area contributed by atoms with Crippen molar-refractivity contribution in [2.75, 3.05) is 6.54 Å². The van der Waals surface area contributed by atoms with E-state index in [1.54, 1.807) is 0 Å². The second-order valence-electron chi connectivity index (χ2n) is 5.36. The fraction of sp³-hybridized carbons (Fsp3) is 1.00. The maximum Gasteiger partial charge on any atom is 0.00723 e. The van der Waals surface area contributed by atoms with Crippen molar-refractivity contribution in [1.82, 2.24) is 5.32 Å². The van der Waals surface area contributed by atoms with Crippen LogP contribution in [0.5, 0.6) is 0 Å². The predicted molar refractivity (Wildman–Crippen MR) is 61.4 cm³/mol. The van der Waals surface area contributed by atoms with Crippen molar-refractivity contribution in [3.05, 3.63) is 0 Å². The predicted octanol–water partition coefficient (Wildman–Crippen LogP) is 3.34. The largest absolute Gasteiger partial charge is 0.314 e. The van der Waals surface area contributed by atoms with Crippen LogP contribution in [0.15, 0.2) is 0 Å². The van der Waals surface area contributed by atoms with Gasteiger partial charge in [-0.15, -0.1) is 0 Å². The molecule has 1 unspecified atom stereocenters. The molecule has 2 rings (SSSR count). The molecule has 1 N–H and O–H groups in total. The molecule has 2 aliphatic rings. The van der Waals surface area contributed by atoms with Gasteiger partial charge in [0, 0.05) is 6.04 Å². The summed E-state index contributed by atoms with van der Waals surface area (Å²) in [7, 11) is 0. The van der Waals surface area contributed by atoms with Gasteiger partial charge in [-0.25, -0.2) is 0 Å². The molecule has 0 radical (unpaired) electrons. The monoisotopic (exact) mass is 195 g/mol. The van der Waals surface area contributed by atoms with Gasteiger partial charge < -0.3 is 5.32 Å². The molecule has 0 aromatic carbocycles. The third-order valence-corrected chi connectivity index (χ3v) is 3.84. The second kappa shape index (κ2) is 5.16. The van der Waals surface area contributed by atoms with Crippen LogP contribution in [0.2, 0.25) is 0 Å². The zero-order valence-electron chi connectivity index (χ0n) is 9.60. The SMILES string of the molecule is CCCNC(CC1CCC1)CC1CC1. The van der Waals surface area contributed by atoms with E-state index in [4.69, 9.17) is 0 Å². The van der Waals surface area contributed by atoms with E-state index >= 15 is 0 Å². The molecule has 1 heteroatoms. The molecule has 0 saturated heterocycles. The van der Waals surface area contributed by atoms with Crippen LogP contribution >= 0.6 is 0 Å². The number of hydrogen-bond donors (Lipinski definition) is 1. The molecule has 0 spiro atoms. The first-order chi connectivity index (χ1) is 6.88. The van der Waals surface area contributed by atoms with Crippen molar-refractivity contribution in [1.29, 1.82) is 0 Å². The lowest BCUT2D eigenvalue weighted by Gasteiger charge is -2.30. The maximum atomic E-state index is 3.74. The molecule has 0 aromatic heterocycles. The van der Waals surface area contributed by atoms with Gasteiger partial charge in [0.1, 0.15) is 0 Å². The van der Waals surface area contributed by atoms with Gasteiger partial charge in [0.25, 0.3) is 0 Å². The first kappa shape index (κ1) is 10.5. The molecule has 0 amide bonds. The first-order valence-corrected chi connectivity index (χ1v) is 6.62. The molecule has 0 aromatic rings. The summed E-state index contributed by atoms with van der Waals surface area (Å²) in [5, 5.41) is 3.74. The Morgan fingerprint density at radius 1 is 1.07 bits per heavy atom. The van der Waals surface area contributed by atoms with Crippen molar-refractivity contribution in [2.24, 2.45) is 11.8 Å². The molecule has 2 aliphatic carbocycles. The van der Waals surface area contributed by atoms with Crippen molar-refractivity contribution in [3.8, 4) is 0 Å². The highest BCUT2D eigenvalue weighted by molar-refractivity contribution is 4.83. The van der Waals surface area contributed by atoms with E-state index in [1.807, 2.05) is 0 Å². The molecule has 2 fully saturated rings. The molecule has 1 nitrogen and oxygen atoms in total. The molecular weight excluding hydrogens is 170 g/mol. The molecule has 0 bridgehead atoms. The Morgan fingerprint density at radius 2 is 1.71 bits per heavy atom. The Morgan fingerprint density at radius 3 is 2.14 bits per heavy atom. The van der Waals surface area contributed by atoms with E-state index in [1.165, 1.54) is 57.9 Å². The molecular formula is C13H25N. The van der Waals surface area contributed by atoms with Crippen molar-refractivity contribution < 1.29 is 0 Å². The van der Waals surface area contributed by atoms with E-state index in [9.17, 15) is 0 Å². The third-order valence-electron chi connectivity index (χ3n) is 3.84. The van der Waals surface area contributed by atoms with Crippen LogP contribution in [-0.2, 0) is 0 Å². The zero-order chi connectivity index (χ0) is 9.80. The van der Waals surface area contributed by atoms with Gasteiger partial charge in [-0.1, -0.05) is 39.0 Å². The normalized spacial score (nSPS) is 24.6. The lowest BCUT2D eigenvalue weighted by molar-refractivity contribution is 0.250. The minimum atomic E-state index is 0.854. The van der Waals surface area contributed by atoms with Crippen molar-refractivity contribution >= 4 is 0 Å². The average molecular weight is 195 g/mol. The minimum Gasteiger partial charge on any atom is -0.314 e. The highest BCUT2D eigenvalue weighted by Gasteiger charge is 2.28. The molecule has 1 atom stereocenters. The molecule has 82 valence electrons. The van der Waals surface area contributed by atoms with E-state index < -0.39 is 0 Å². The lowest BCUT2D eigenvalue weighted by Crippen LogP contribution is -2.33. The van der Waals surface area contributed by atoms with Gasteiger partial charge in [0.2, 0.25) is 0 Å². The summed E-state index contributed by atoms with van der Waals surface area (Å²) in [4.78, 5) is 0. The maximum absolute atomic E-state index is 3.74. The summed E-state index contributed by atoms with van der Waals surface area (Å²) in [6, 6.07) is 0.854.